The molecule has 1 saturated heterocycles. The number of sulfonamides is 1. The van der Waals surface area contributed by atoms with Crippen LogP contribution in [0.25, 0.3) is 0 Å². The minimum atomic E-state index is -3.37. The van der Waals surface area contributed by atoms with Gasteiger partial charge in [-0.25, -0.2) is 8.42 Å². The fraction of sp³-hybridized carbons (Fsp3) is 0.333. The molecule has 0 spiro atoms. The van der Waals surface area contributed by atoms with Gasteiger partial charge >= 0.3 is 0 Å². The SMILES string of the molecule is CS(=O)(=O)N(Cc1ccccn1)C1CN(C(=O)c2cccs2)C1. The van der Waals surface area contributed by atoms with Gasteiger partial charge in [0.1, 0.15) is 0 Å². The van der Waals surface area contributed by atoms with Crippen molar-refractivity contribution in [1.29, 1.82) is 0 Å². The van der Waals surface area contributed by atoms with Gasteiger partial charge in [0.05, 0.1) is 29.4 Å². The standard InChI is InChI=1S/C15H17N3O3S2/c1-23(20,21)18(9-12-5-2-3-7-16-12)13-10-17(11-13)15(19)14-6-4-8-22-14/h2-8,13H,9-11H2,1H3. The summed E-state index contributed by atoms with van der Waals surface area (Å²) in [6.07, 6.45) is 2.84. The molecule has 0 atom stereocenters. The number of carbonyl (C=O) groups excluding carboxylic acids is 1. The van der Waals surface area contributed by atoms with E-state index in [0.717, 1.165) is 0 Å². The second kappa shape index (κ2) is 6.38. The second-order valence-corrected chi connectivity index (χ2v) is 8.35. The van der Waals surface area contributed by atoms with E-state index in [9.17, 15) is 13.2 Å². The fourth-order valence-electron chi connectivity index (χ4n) is 2.53. The van der Waals surface area contributed by atoms with Crippen LogP contribution in [0.1, 0.15) is 15.4 Å². The lowest BCUT2D eigenvalue weighted by Crippen LogP contribution is -2.61. The number of carbonyl (C=O) groups is 1. The molecule has 3 rings (SSSR count). The van der Waals surface area contributed by atoms with Gasteiger partial charge in [-0.1, -0.05) is 12.1 Å². The molecule has 0 aromatic carbocycles. The van der Waals surface area contributed by atoms with Crippen molar-refractivity contribution in [2.45, 2.75) is 12.6 Å². The van der Waals surface area contributed by atoms with Crippen LogP contribution in [0.15, 0.2) is 41.9 Å². The third-order valence-electron chi connectivity index (χ3n) is 3.76. The van der Waals surface area contributed by atoms with E-state index in [-0.39, 0.29) is 18.5 Å². The first-order valence-corrected chi connectivity index (χ1v) is 9.87. The lowest BCUT2D eigenvalue weighted by molar-refractivity contribution is 0.0447. The molecule has 0 N–H and O–H groups in total. The zero-order valence-electron chi connectivity index (χ0n) is 12.6. The zero-order valence-corrected chi connectivity index (χ0v) is 14.3. The van der Waals surface area contributed by atoms with E-state index in [1.54, 1.807) is 29.3 Å². The van der Waals surface area contributed by atoms with Crippen LogP contribution in [0.5, 0.6) is 0 Å². The molecule has 1 aliphatic rings. The van der Waals surface area contributed by atoms with Gasteiger partial charge in [-0.3, -0.25) is 9.78 Å². The van der Waals surface area contributed by atoms with Gasteiger partial charge < -0.3 is 4.90 Å². The van der Waals surface area contributed by atoms with Crippen LogP contribution in [-0.2, 0) is 16.6 Å². The molecule has 0 saturated carbocycles. The molecule has 8 heteroatoms. The van der Waals surface area contributed by atoms with E-state index in [2.05, 4.69) is 4.98 Å². The van der Waals surface area contributed by atoms with Gasteiger partial charge in [0.15, 0.2) is 0 Å². The van der Waals surface area contributed by atoms with Crippen molar-refractivity contribution in [3.63, 3.8) is 0 Å². The summed E-state index contributed by atoms with van der Waals surface area (Å²) in [4.78, 5) is 18.8. The third kappa shape index (κ3) is 3.60. The quantitative estimate of drug-likeness (QED) is 0.817. The van der Waals surface area contributed by atoms with Gasteiger partial charge in [-0.15, -0.1) is 11.3 Å². The number of pyridine rings is 1. The maximum atomic E-state index is 12.2. The predicted octanol–water partition coefficient (Wildman–Crippen LogP) is 1.43. The average Bonchev–Trinajstić information content (AvgIpc) is 2.98. The van der Waals surface area contributed by atoms with E-state index in [1.165, 1.54) is 21.9 Å². The Morgan fingerprint density at radius 3 is 2.70 bits per heavy atom. The van der Waals surface area contributed by atoms with Gasteiger partial charge in [0.2, 0.25) is 10.0 Å². The lowest BCUT2D eigenvalue weighted by atomic mass is 10.1. The summed E-state index contributed by atoms with van der Waals surface area (Å²) in [7, 11) is -3.37. The first kappa shape index (κ1) is 16.1. The number of hydrogen-bond donors (Lipinski definition) is 0. The minimum Gasteiger partial charge on any atom is -0.335 e. The van der Waals surface area contributed by atoms with E-state index in [4.69, 9.17) is 0 Å². The van der Waals surface area contributed by atoms with Crippen LogP contribution in [0.3, 0.4) is 0 Å². The molecule has 0 bridgehead atoms. The Balaban J connectivity index is 1.68. The molecule has 0 radical (unpaired) electrons. The topological polar surface area (TPSA) is 70.6 Å². The second-order valence-electron chi connectivity index (χ2n) is 5.47. The van der Waals surface area contributed by atoms with E-state index in [1.807, 2.05) is 17.5 Å². The highest BCUT2D eigenvalue weighted by atomic mass is 32.2. The zero-order chi connectivity index (χ0) is 16.4. The lowest BCUT2D eigenvalue weighted by Gasteiger charge is -2.43. The summed E-state index contributed by atoms with van der Waals surface area (Å²) < 4.78 is 25.6. The average molecular weight is 351 g/mol. The van der Waals surface area contributed by atoms with Gasteiger partial charge in [-0.05, 0) is 23.6 Å². The summed E-state index contributed by atoms with van der Waals surface area (Å²) in [6.45, 7) is 1.05. The largest absolute Gasteiger partial charge is 0.335 e. The number of amides is 1. The summed E-state index contributed by atoms with van der Waals surface area (Å²) >= 11 is 1.39. The van der Waals surface area contributed by atoms with Crippen molar-refractivity contribution < 1.29 is 13.2 Å². The normalized spacial score (nSPS) is 15.7. The monoisotopic (exact) mass is 351 g/mol. The van der Waals surface area contributed by atoms with E-state index >= 15 is 0 Å². The number of thiophene rings is 1. The molecule has 3 heterocycles. The maximum Gasteiger partial charge on any atom is 0.264 e. The smallest absolute Gasteiger partial charge is 0.264 e. The van der Waals surface area contributed by atoms with Crippen molar-refractivity contribution in [1.82, 2.24) is 14.2 Å². The van der Waals surface area contributed by atoms with Crippen molar-refractivity contribution in [3.8, 4) is 0 Å². The van der Waals surface area contributed by atoms with E-state index in [0.29, 0.717) is 23.7 Å². The number of likely N-dealkylation sites (tertiary alicyclic amines) is 1. The molecule has 2 aromatic heterocycles. The molecular weight excluding hydrogens is 334 g/mol. The maximum absolute atomic E-state index is 12.2. The van der Waals surface area contributed by atoms with Crippen LogP contribution in [0.4, 0.5) is 0 Å². The van der Waals surface area contributed by atoms with Crippen LogP contribution in [-0.4, -0.2) is 53.9 Å². The van der Waals surface area contributed by atoms with Gasteiger partial charge in [0, 0.05) is 19.3 Å². The summed E-state index contributed by atoms with van der Waals surface area (Å²) in [5.74, 6) is -0.0393. The minimum absolute atomic E-state index is 0.0393. The van der Waals surface area contributed by atoms with Crippen LogP contribution < -0.4 is 0 Å². The van der Waals surface area contributed by atoms with Gasteiger partial charge in [-0.2, -0.15) is 4.31 Å². The highest BCUT2D eigenvalue weighted by Crippen LogP contribution is 2.23. The highest BCUT2D eigenvalue weighted by Gasteiger charge is 2.39. The molecule has 0 unspecified atom stereocenters. The first-order valence-electron chi connectivity index (χ1n) is 7.14. The van der Waals surface area contributed by atoms with E-state index < -0.39 is 10.0 Å². The molecule has 1 aliphatic heterocycles. The molecule has 1 fully saturated rings. The Labute approximate surface area is 139 Å². The number of aromatic nitrogens is 1. The third-order valence-corrected chi connectivity index (χ3v) is 5.90. The molecule has 23 heavy (non-hydrogen) atoms. The van der Waals surface area contributed by atoms with Gasteiger partial charge in [0.25, 0.3) is 5.91 Å². The van der Waals surface area contributed by atoms with Crippen LogP contribution >= 0.6 is 11.3 Å². The Hall–Kier alpha value is -1.77. The molecule has 0 aliphatic carbocycles. The van der Waals surface area contributed by atoms with Crippen molar-refractivity contribution in [3.05, 3.63) is 52.5 Å². The Kier molecular flexibility index (Phi) is 4.47. The molecule has 1 amide bonds. The molecule has 6 nitrogen and oxygen atoms in total. The Morgan fingerprint density at radius 2 is 2.13 bits per heavy atom. The number of hydrogen-bond acceptors (Lipinski definition) is 5. The molecular formula is C15H17N3O3S2. The Morgan fingerprint density at radius 1 is 1.35 bits per heavy atom. The number of rotatable bonds is 5. The Bertz CT molecular complexity index is 770. The predicted molar refractivity (Wildman–Crippen MR) is 88.6 cm³/mol. The number of nitrogens with zero attached hydrogens (tertiary/aromatic N) is 3. The molecule has 122 valence electrons. The summed E-state index contributed by atoms with van der Waals surface area (Å²) in [5, 5.41) is 1.86. The summed E-state index contributed by atoms with van der Waals surface area (Å²) in [6, 6.07) is 8.83. The summed E-state index contributed by atoms with van der Waals surface area (Å²) in [5.41, 5.74) is 0.695. The van der Waals surface area contributed by atoms with Crippen LogP contribution in [0, 0.1) is 0 Å². The van der Waals surface area contributed by atoms with Crippen molar-refractivity contribution in [2.75, 3.05) is 19.3 Å². The highest BCUT2D eigenvalue weighted by molar-refractivity contribution is 7.88. The fourth-order valence-corrected chi connectivity index (χ4v) is 4.26. The van der Waals surface area contributed by atoms with Crippen molar-refractivity contribution >= 4 is 27.3 Å². The molecule has 2 aromatic rings. The van der Waals surface area contributed by atoms with Crippen LogP contribution in [0.2, 0.25) is 0 Å². The first-order chi connectivity index (χ1) is 10.9. The van der Waals surface area contributed by atoms with Crippen molar-refractivity contribution in [2.24, 2.45) is 0 Å².